The Morgan fingerprint density at radius 3 is 2.45 bits per heavy atom. The van der Waals surface area contributed by atoms with Crippen LogP contribution in [-0.2, 0) is 9.59 Å². The smallest absolute Gasteiger partial charge is 0.307 e. The number of amides is 1. The van der Waals surface area contributed by atoms with E-state index >= 15 is 0 Å². The minimum absolute atomic E-state index is 0.120. The van der Waals surface area contributed by atoms with E-state index in [0.29, 0.717) is 12.8 Å². The van der Waals surface area contributed by atoms with E-state index in [0.717, 1.165) is 16.5 Å². The van der Waals surface area contributed by atoms with Gasteiger partial charge >= 0.3 is 5.97 Å². The van der Waals surface area contributed by atoms with E-state index in [-0.39, 0.29) is 11.9 Å². The van der Waals surface area contributed by atoms with E-state index in [4.69, 9.17) is 5.11 Å². The van der Waals surface area contributed by atoms with Crippen molar-refractivity contribution in [3.05, 3.63) is 34.3 Å². The fraction of sp³-hybridized carbons (Fsp3) is 0.467. The van der Waals surface area contributed by atoms with Gasteiger partial charge < -0.3 is 10.4 Å². The number of hydrogen-bond donors (Lipinski definition) is 2. The summed E-state index contributed by atoms with van der Waals surface area (Å²) in [7, 11) is 0. The largest absolute Gasteiger partial charge is 0.481 e. The van der Waals surface area contributed by atoms with Crippen LogP contribution in [0.15, 0.2) is 28.7 Å². The number of benzene rings is 1. The van der Waals surface area contributed by atoms with Gasteiger partial charge in [-0.25, -0.2) is 0 Å². The lowest BCUT2D eigenvalue weighted by Gasteiger charge is -2.20. The van der Waals surface area contributed by atoms with Gasteiger partial charge in [-0.05, 0) is 37.5 Å². The first-order valence-electron chi connectivity index (χ1n) is 6.77. The molecule has 0 aliphatic heterocycles. The molecule has 4 nitrogen and oxygen atoms in total. The molecule has 2 rings (SSSR count). The van der Waals surface area contributed by atoms with Crippen molar-refractivity contribution in [3.63, 3.8) is 0 Å². The van der Waals surface area contributed by atoms with Gasteiger partial charge in [0.05, 0.1) is 17.9 Å². The van der Waals surface area contributed by atoms with Gasteiger partial charge in [-0.1, -0.05) is 34.5 Å². The summed E-state index contributed by atoms with van der Waals surface area (Å²) in [4.78, 5) is 23.4. The van der Waals surface area contributed by atoms with Crippen LogP contribution in [-0.4, -0.2) is 17.0 Å². The molecular formula is C15H18BrNO3. The number of carbonyl (C=O) groups excluding carboxylic acids is 1. The number of nitrogens with one attached hydrogen (secondary N) is 1. The van der Waals surface area contributed by atoms with Crippen LogP contribution in [0.25, 0.3) is 0 Å². The van der Waals surface area contributed by atoms with Gasteiger partial charge in [-0.15, -0.1) is 0 Å². The summed E-state index contributed by atoms with van der Waals surface area (Å²) in [6.07, 6.45) is 2.07. The molecular weight excluding hydrogens is 322 g/mol. The molecule has 2 N–H and O–H groups in total. The molecule has 5 heteroatoms. The minimum Gasteiger partial charge on any atom is -0.481 e. The van der Waals surface area contributed by atoms with Crippen LogP contribution < -0.4 is 5.32 Å². The van der Waals surface area contributed by atoms with E-state index in [1.54, 1.807) is 0 Å². The summed E-state index contributed by atoms with van der Waals surface area (Å²) >= 11 is 3.37. The third-order valence-electron chi connectivity index (χ3n) is 3.90. The molecule has 1 fully saturated rings. The van der Waals surface area contributed by atoms with Gasteiger partial charge in [-0.3, -0.25) is 9.59 Å². The van der Waals surface area contributed by atoms with E-state index in [1.165, 1.54) is 0 Å². The fourth-order valence-electron chi connectivity index (χ4n) is 2.72. The lowest BCUT2D eigenvalue weighted by Crippen LogP contribution is -2.36. The summed E-state index contributed by atoms with van der Waals surface area (Å²) in [6, 6.07) is 7.61. The second-order valence-electron chi connectivity index (χ2n) is 5.26. The number of carboxylic acid groups (broad SMARTS) is 1. The first kappa shape index (κ1) is 15.0. The first-order valence-corrected chi connectivity index (χ1v) is 7.57. The predicted octanol–water partition coefficient (Wildman–Crippen LogP) is 3.13. The van der Waals surface area contributed by atoms with Crippen molar-refractivity contribution in [2.45, 2.75) is 32.2 Å². The molecule has 1 aliphatic carbocycles. The number of carbonyl (C=O) groups is 2. The third-order valence-corrected chi connectivity index (χ3v) is 4.43. The topological polar surface area (TPSA) is 66.4 Å². The summed E-state index contributed by atoms with van der Waals surface area (Å²) in [5.74, 6) is -1.94. The second kappa shape index (κ2) is 6.39. The molecule has 0 spiro atoms. The number of hydrogen-bond acceptors (Lipinski definition) is 2. The molecule has 108 valence electrons. The lowest BCUT2D eigenvalue weighted by atomic mass is 9.94. The van der Waals surface area contributed by atoms with Crippen molar-refractivity contribution in [1.82, 2.24) is 5.32 Å². The van der Waals surface area contributed by atoms with Gasteiger partial charge in [0, 0.05) is 4.47 Å². The molecule has 1 amide bonds. The van der Waals surface area contributed by atoms with Gasteiger partial charge in [0.15, 0.2) is 0 Å². The van der Waals surface area contributed by atoms with E-state index in [1.807, 2.05) is 31.2 Å². The Morgan fingerprint density at radius 2 is 1.85 bits per heavy atom. The molecule has 1 aromatic rings. The monoisotopic (exact) mass is 339 g/mol. The van der Waals surface area contributed by atoms with Crippen LogP contribution in [0.2, 0.25) is 0 Å². The molecule has 0 saturated heterocycles. The highest BCUT2D eigenvalue weighted by Gasteiger charge is 2.38. The van der Waals surface area contributed by atoms with Crippen LogP contribution in [0, 0.1) is 11.8 Å². The Kier molecular flexibility index (Phi) is 4.81. The molecule has 3 atom stereocenters. The van der Waals surface area contributed by atoms with Crippen molar-refractivity contribution in [2.75, 3.05) is 0 Å². The molecule has 0 bridgehead atoms. The van der Waals surface area contributed by atoms with Crippen molar-refractivity contribution < 1.29 is 14.7 Å². The van der Waals surface area contributed by atoms with Crippen molar-refractivity contribution >= 4 is 27.8 Å². The normalized spacial score (nSPS) is 23.3. The van der Waals surface area contributed by atoms with Gasteiger partial charge in [0.25, 0.3) is 0 Å². The van der Waals surface area contributed by atoms with Crippen LogP contribution in [0.4, 0.5) is 0 Å². The Hall–Kier alpha value is -1.36. The Labute approximate surface area is 126 Å². The van der Waals surface area contributed by atoms with E-state index < -0.39 is 17.8 Å². The van der Waals surface area contributed by atoms with Crippen molar-refractivity contribution in [2.24, 2.45) is 11.8 Å². The van der Waals surface area contributed by atoms with Gasteiger partial charge in [-0.2, -0.15) is 0 Å². The van der Waals surface area contributed by atoms with E-state index in [2.05, 4.69) is 21.2 Å². The highest BCUT2D eigenvalue weighted by molar-refractivity contribution is 9.10. The van der Waals surface area contributed by atoms with Crippen LogP contribution in [0.5, 0.6) is 0 Å². The maximum absolute atomic E-state index is 12.2. The second-order valence-corrected chi connectivity index (χ2v) is 6.18. The molecule has 1 saturated carbocycles. The standard InChI is InChI=1S/C15H18BrNO3/c1-9(10-5-7-11(16)8-6-10)17-14(18)12-3-2-4-13(12)15(19)20/h5-9,12-13H,2-4H2,1H3,(H,17,18)(H,19,20)/t9?,12-,13+/m1/s1. The van der Waals surface area contributed by atoms with Crippen LogP contribution in [0.1, 0.15) is 37.8 Å². The quantitative estimate of drug-likeness (QED) is 0.885. The third kappa shape index (κ3) is 3.39. The molecule has 20 heavy (non-hydrogen) atoms. The number of aliphatic carboxylic acids is 1. The van der Waals surface area contributed by atoms with Crippen LogP contribution in [0.3, 0.4) is 0 Å². The summed E-state index contributed by atoms with van der Waals surface area (Å²) in [6.45, 7) is 1.91. The number of carboxylic acids is 1. The minimum atomic E-state index is -0.862. The fourth-order valence-corrected chi connectivity index (χ4v) is 2.99. The Bertz CT molecular complexity index is 500. The highest BCUT2D eigenvalue weighted by atomic mass is 79.9. The van der Waals surface area contributed by atoms with Gasteiger partial charge in [0.2, 0.25) is 5.91 Å². The zero-order valence-electron chi connectivity index (χ0n) is 11.3. The molecule has 1 aliphatic rings. The maximum atomic E-state index is 12.2. The average molecular weight is 340 g/mol. The number of halogens is 1. The zero-order chi connectivity index (χ0) is 14.7. The Balaban J connectivity index is 2.00. The maximum Gasteiger partial charge on any atom is 0.307 e. The average Bonchev–Trinajstić information content (AvgIpc) is 2.88. The van der Waals surface area contributed by atoms with Crippen molar-refractivity contribution in [1.29, 1.82) is 0 Å². The SMILES string of the molecule is CC(NC(=O)[C@@H]1CCC[C@@H]1C(=O)O)c1ccc(Br)cc1. The van der Waals surface area contributed by atoms with Crippen molar-refractivity contribution in [3.8, 4) is 0 Å². The molecule has 1 aromatic carbocycles. The van der Waals surface area contributed by atoms with Crippen LogP contribution >= 0.6 is 15.9 Å². The Morgan fingerprint density at radius 1 is 1.25 bits per heavy atom. The molecule has 1 unspecified atom stereocenters. The predicted molar refractivity (Wildman–Crippen MR) is 79.2 cm³/mol. The van der Waals surface area contributed by atoms with E-state index in [9.17, 15) is 9.59 Å². The number of rotatable bonds is 4. The highest BCUT2D eigenvalue weighted by Crippen LogP contribution is 2.32. The summed E-state index contributed by atoms with van der Waals surface area (Å²) in [5.41, 5.74) is 1.01. The summed E-state index contributed by atoms with van der Waals surface area (Å²) in [5, 5.41) is 12.1. The summed E-state index contributed by atoms with van der Waals surface area (Å²) < 4.78 is 0.988. The lowest BCUT2D eigenvalue weighted by molar-refractivity contribution is -0.146. The molecule has 0 heterocycles. The molecule has 0 aromatic heterocycles. The molecule has 0 radical (unpaired) electrons. The zero-order valence-corrected chi connectivity index (χ0v) is 12.9. The first-order chi connectivity index (χ1) is 9.49. The van der Waals surface area contributed by atoms with Gasteiger partial charge in [0.1, 0.15) is 0 Å².